The second-order valence-electron chi connectivity index (χ2n) is 19.7. The van der Waals surface area contributed by atoms with Crippen molar-refractivity contribution in [2.24, 2.45) is 21.7 Å². The molecule has 0 amide bonds. The summed E-state index contributed by atoms with van der Waals surface area (Å²) >= 11 is 1.77. The van der Waals surface area contributed by atoms with Gasteiger partial charge in [0.2, 0.25) is 0 Å². The van der Waals surface area contributed by atoms with Crippen LogP contribution in [-0.2, 0) is 28.9 Å². The Bertz CT molecular complexity index is 1380. The van der Waals surface area contributed by atoms with Gasteiger partial charge in [0.1, 0.15) is 11.5 Å². The van der Waals surface area contributed by atoms with Gasteiger partial charge in [0.15, 0.2) is 0 Å². The van der Waals surface area contributed by atoms with Crippen LogP contribution in [0.5, 0.6) is 11.5 Å². The summed E-state index contributed by atoms with van der Waals surface area (Å²) in [6, 6.07) is 8.99. The van der Waals surface area contributed by atoms with E-state index in [0.29, 0.717) is 13.2 Å². The van der Waals surface area contributed by atoms with Crippen LogP contribution < -0.4 is 9.05 Å². The van der Waals surface area contributed by atoms with Gasteiger partial charge < -0.3 is 18.1 Å². The van der Waals surface area contributed by atoms with Gasteiger partial charge in [-0.15, -0.1) is 0 Å². The van der Waals surface area contributed by atoms with Crippen molar-refractivity contribution in [3.05, 3.63) is 46.5 Å². The molecule has 2 aliphatic rings. The fourth-order valence-corrected chi connectivity index (χ4v) is 11.7. The van der Waals surface area contributed by atoms with Gasteiger partial charge in [0, 0.05) is 31.7 Å². The number of aryl methyl sites for hydroxylation is 2. The zero-order valence-electron chi connectivity index (χ0n) is 33.6. The monoisotopic (exact) mass is 734 g/mol. The average Bonchev–Trinajstić information content (AvgIpc) is 2.90. The van der Waals surface area contributed by atoms with E-state index in [2.05, 4.69) is 149 Å². The Labute approximate surface area is 305 Å². The molecule has 0 saturated carbocycles. The highest BCUT2D eigenvalue weighted by Gasteiger charge is 2.48. The topological polar surface area (TPSA) is 55.4 Å². The summed E-state index contributed by atoms with van der Waals surface area (Å²) in [4.78, 5) is 2.32. The minimum absolute atomic E-state index is 0.0181. The van der Waals surface area contributed by atoms with Crippen molar-refractivity contribution in [3.8, 4) is 11.5 Å². The molecule has 6 nitrogen and oxygen atoms in total. The molecule has 2 aliphatic heterocycles. The molecule has 49 heavy (non-hydrogen) atoms. The number of rotatable bonds is 6. The van der Waals surface area contributed by atoms with Crippen molar-refractivity contribution in [1.29, 1.82) is 0 Å². The van der Waals surface area contributed by atoms with Crippen LogP contribution in [-0.4, -0.2) is 25.4 Å². The summed E-state index contributed by atoms with van der Waals surface area (Å²) in [6.45, 7) is 41.0. The Hall–Kier alpha value is -0.910. The van der Waals surface area contributed by atoms with E-state index in [1.807, 2.05) is 0 Å². The largest absolute Gasteiger partial charge is 0.426 e. The standard InChI is InChI=1S/C40H64O6P2S/c1-25-19-27(21-29(35(3,4)5)31(25)43-47-41-23-39(15,16)33(45-47)37(9,10)11)49-28-20-26(2)32(30(22-28)36(6,7)8)44-48-42-24-40(17,18)34(46-48)38(12,13)14/h19-22,33-34H,23-24H2,1-18H3. The third-order valence-corrected chi connectivity index (χ3v) is 12.2. The third kappa shape index (κ3) is 9.75. The molecule has 2 aromatic rings. The molecule has 2 heterocycles. The highest BCUT2D eigenvalue weighted by molar-refractivity contribution is 7.99. The molecule has 9 heteroatoms. The molecular weight excluding hydrogens is 670 g/mol. The summed E-state index contributed by atoms with van der Waals surface area (Å²) in [5, 5.41) is 0. The predicted molar refractivity (Wildman–Crippen MR) is 207 cm³/mol. The molecule has 0 N–H and O–H groups in total. The highest BCUT2D eigenvalue weighted by atomic mass is 32.2. The van der Waals surface area contributed by atoms with Gasteiger partial charge in [-0.25, -0.2) is 0 Å². The van der Waals surface area contributed by atoms with Crippen LogP contribution in [0.4, 0.5) is 0 Å². The molecule has 4 atom stereocenters. The normalized spacial score (nSPS) is 24.9. The zero-order chi connectivity index (χ0) is 37.1. The minimum atomic E-state index is -1.54. The van der Waals surface area contributed by atoms with Crippen LogP contribution in [0.1, 0.15) is 133 Å². The summed E-state index contributed by atoms with van der Waals surface area (Å²) < 4.78 is 38.9. The lowest BCUT2D eigenvalue weighted by atomic mass is 9.73. The molecular formula is C40H64O6P2S. The van der Waals surface area contributed by atoms with E-state index in [-0.39, 0.29) is 44.7 Å². The predicted octanol–water partition coefficient (Wildman–Crippen LogP) is 13.2. The molecule has 2 saturated heterocycles. The SMILES string of the molecule is Cc1cc(Sc2cc(C)c(OP3OCC(C)(C)C(C(C)(C)C)O3)c(C(C)(C)C)c2)cc(C(C)(C)C)c1OP1OCC(C)(C)C(C(C)(C)C)O1. The lowest BCUT2D eigenvalue weighted by Gasteiger charge is -2.46. The van der Waals surface area contributed by atoms with Gasteiger partial charge in [-0.1, -0.05) is 123 Å². The van der Waals surface area contributed by atoms with Crippen molar-refractivity contribution in [3.63, 3.8) is 0 Å². The molecule has 4 unspecified atom stereocenters. The summed E-state index contributed by atoms with van der Waals surface area (Å²) in [7, 11) is -3.07. The van der Waals surface area contributed by atoms with Gasteiger partial charge in [0.25, 0.3) is 0 Å². The highest BCUT2D eigenvalue weighted by Crippen LogP contribution is 2.57. The first-order chi connectivity index (χ1) is 22.1. The summed E-state index contributed by atoms with van der Waals surface area (Å²) in [5.41, 5.74) is 3.84. The number of benzene rings is 2. The van der Waals surface area contributed by atoms with Crippen LogP contribution in [0.3, 0.4) is 0 Å². The number of hydrogen-bond donors (Lipinski definition) is 0. The quantitative estimate of drug-likeness (QED) is 0.274. The average molecular weight is 735 g/mol. The molecule has 0 bridgehead atoms. The van der Waals surface area contributed by atoms with Crippen LogP contribution in [0.2, 0.25) is 0 Å². The van der Waals surface area contributed by atoms with Crippen LogP contribution in [0, 0.1) is 35.5 Å². The summed E-state index contributed by atoms with van der Waals surface area (Å²) in [5.74, 6) is 1.72. The first-order valence-corrected chi connectivity index (χ1v) is 20.6. The van der Waals surface area contributed by atoms with Crippen LogP contribution >= 0.6 is 29.0 Å². The van der Waals surface area contributed by atoms with Crippen LogP contribution in [0.15, 0.2) is 34.1 Å². The Morgan fingerprint density at radius 2 is 0.918 bits per heavy atom. The fraction of sp³-hybridized carbons (Fsp3) is 0.700. The Morgan fingerprint density at radius 3 is 1.20 bits per heavy atom. The van der Waals surface area contributed by atoms with Gasteiger partial charge in [0.05, 0.1) is 25.4 Å². The van der Waals surface area contributed by atoms with Crippen molar-refractivity contribution >= 4 is 29.0 Å². The molecule has 0 aliphatic carbocycles. The first-order valence-electron chi connectivity index (χ1n) is 17.6. The maximum absolute atomic E-state index is 6.65. The van der Waals surface area contributed by atoms with Gasteiger partial charge >= 0.3 is 17.2 Å². The smallest absolute Gasteiger partial charge is 0.397 e. The Kier molecular flexibility index (Phi) is 11.8. The number of hydrogen-bond acceptors (Lipinski definition) is 7. The van der Waals surface area contributed by atoms with Crippen molar-refractivity contribution in [2.45, 2.75) is 157 Å². The lowest BCUT2D eigenvalue weighted by molar-refractivity contribution is -0.0774. The fourth-order valence-electron chi connectivity index (χ4n) is 7.11. The first kappa shape index (κ1) is 40.9. The Morgan fingerprint density at radius 1 is 0.592 bits per heavy atom. The van der Waals surface area contributed by atoms with E-state index >= 15 is 0 Å². The summed E-state index contributed by atoms with van der Waals surface area (Å²) in [6.07, 6.45) is 0.0362. The van der Waals surface area contributed by atoms with Crippen LogP contribution in [0.25, 0.3) is 0 Å². The van der Waals surface area contributed by atoms with Crippen molar-refractivity contribution in [2.75, 3.05) is 13.2 Å². The van der Waals surface area contributed by atoms with Gasteiger partial charge in [-0.2, -0.15) is 0 Å². The molecule has 0 aromatic heterocycles. The molecule has 276 valence electrons. The second-order valence-corrected chi connectivity index (χ2v) is 23.0. The van der Waals surface area contributed by atoms with E-state index < -0.39 is 17.2 Å². The van der Waals surface area contributed by atoms with E-state index in [0.717, 1.165) is 43.5 Å². The third-order valence-electron chi connectivity index (χ3n) is 9.14. The van der Waals surface area contributed by atoms with Crippen molar-refractivity contribution < 1.29 is 27.1 Å². The maximum atomic E-state index is 6.65. The van der Waals surface area contributed by atoms with Gasteiger partial charge in [-0.05, 0) is 70.9 Å². The zero-order valence-corrected chi connectivity index (χ0v) is 36.2. The van der Waals surface area contributed by atoms with Gasteiger partial charge in [-0.3, -0.25) is 9.05 Å². The minimum Gasteiger partial charge on any atom is -0.426 e. The lowest BCUT2D eigenvalue weighted by Crippen LogP contribution is -2.46. The molecule has 0 spiro atoms. The second kappa shape index (κ2) is 14.1. The van der Waals surface area contributed by atoms with E-state index in [1.165, 1.54) is 0 Å². The molecule has 4 rings (SSSR count). The van der Waals surface area contributed by atoms with E-state index in [4.69, 9.17) is 27.1 Å². The Balaban J connectivity index is 1.64. The maximum Gasteiger partial charge on any atom is 0.397 e. The van der Waals surface area contributed by atoms with Crippen molar-refractivity contribution in [1.82, 2.24) is 0 Å². The van der Waals surface area contributed by atoms with E-state index in [9.17, 15) is 0 Å². The molecule has 2 fully saturated rings. The van der Waals surface area contributed by atoms with E-state index in [1.54, 1.807) is 11.8 Å². The molecule has 0 radical (unpaired) electrons. The molecule has 2 aromatic carbocycles.